The minimum absolute atomic E-state index is 0.0795. The van der Waals surface area contributed by atoms with E-state index < -0.39 is 12.0 Å². The molecule has 0 aromatic carbocycles. The number of rotatable bonds is 3. The Labute approximate surface area is 96.6 Å². The van der Waals surface area contributed by atoms with E-state index in [9.17, 15) is 13.2 Å². The number of hydrogen-bond acceptors (Lipinski definition) is 4. The van der Waals surface area contributed by atoms with Crippen molar-refractivity contribution < 1.29 is 17.7 Å². The molecule has 1 fully saturated rings. The maximum absolute atomic E-state index is 12.2. The third-order valence-corrected chi connectivity index (χ3v) is 2.95. The van der Waals surface area contributed by atoms with Gasteiger partial charge in [-0.1, -0.05) is 5.16 Å². The molecular formula is C10H14F3N3O. The number of nitrogens with one attached hydrogen (secondary N) is 1. The zero-order valence-electron chi connectivity index (χ0n) is 9.26. The Morgan fingerprint density at radius 1 is 1.29 bits per heavy atom. The van der Waals surface area contributed by atoms with Crippen LogP contribution in [0.3, 0.4) is 0 Å². The van der Waals surface area contributed by atoms with Gasteiger partial charge in [0.1, 0.15) is 0 Å². The SMILES string of the molecule is FC(F)(F)c1noc(CCC2CCNCC2)n1. The molecule has 1 aliphatic rings. The van der Waals surface area contributed by atoms with Crippen LogP contribution in [0.4, 0.5) is 13.2 Å². The summed E-state index contributed by atoms with van der Waals surface area (Å²) in [5, 5.41) is 6.16. The first-order chi connectivity index (χ1) is 8.05. The molecule has 7 heteroatoms. The first-order valence-corrected chi connectivity index (χ1v) is 5.66. The summed E-state index contributed by atoms with van der Waals surface area (Å²) in [7, 11) is 0. The summed E-state index contributed by atoms with van der Waals surface area (Å²) in [6.45, 7) is 1.95. The van der Waals surface area contributed by atoms with E-state index in [1.165, 1.54) is 0 Å². The molecule has 0 aliphatic carbocycles. The Morgan fingerprint density at radius 3 is 2.59 bits per heavy atom. The van der Waals surface area contributed by atoms with E-state index in [0.29, 0.717) is 12.3 Å². The second-order valence-corrected chi connectivity index (χ2v) is 4.24. The number of piperidine rings is 1. The lowest BCUT2D eigenvalue weighted by molar-refractivity contribution is -0.146. The molecule has 0 radical (unpaired) electrons. The molecule has 0 saturated carbocycles. The van der Waals surface area contributed by atoms with Crippen molar-refractivity contribution >= 4 is 0 Å². The summed E-state index contributed by atoms with van der Waals surface area (Å²) in [6, 6.07) is 0. The van der Waals surface area contributed by atoms with Crippen molar-refractivity contribution in [2.24, 2.45) is 5.92 Å². The number of hydrogen-bond donors (Lipinski definition) is 1. The van der Waals surface area contributed by atoms with Crippen LogP contribution in [-0.2, 0) is 12.6 Å². The quantitative estimate of drug-likeness (QED) is 0.890. The number of halogens is 3. The molecule has 2 heterocycles. The lowest BCUT2D eigenvalue weighted by Gasteiger charge is -2.21. The van der Waals surface area contributed by atoms with Crippen molar-refractivity contribution in [1.29, 1.82) is 0 Å². The lowest BCUT2D eigenvalue weighted by Crippen LogP contribution is -2.27. The second kappa shape index (κ2) is 5.03. The Kier molecular flexibility index (Phi) is 3.66. The largest absolute Gasteiger partial charge is 0.455 e. The molecule has 0 unspecified atom stereocenters. The normalized spacial score (nSPS) is 18.5. The van der Waals surface area contributed by atoms with Crippen LogP contribution in [0, 0.1) is 5.92 Å². The fraction of sp³-hybridized carbons (Fsp3) is 0.800. The molecule has 17 heavy (non-hydrogen) atoms. The van der Waals surface area contributed by atoms with Gasteiger partial charge in [-0.3, -0.25) is 0 Å². The average molecular weight is 249 g/mol. The van der Waals surface area contributed by atoms with Gasteiger partial charge in [0.2, 0.25) is 5.89 Å². The summed E-state index contributed by atoms with van der Waals surface area (Å²) < 4.78 is 41.2. The maximum Gasteiger partial charge on any atom is 0.455 e. The molecule has 1 aliphatic heterocycles. The summed E-state index contributed by atoms with van der Waals surface area (Å²) in [5.74, 6) is -0.564. The number of alkyl halides is 3. The topological polar surface area (TPSA) is 51.0 Å². The molecule has 4 nitrogen and oxygen atoms in total. The van der Waals surface area contributed by atoms with Crippen LogP contribution in [0.25, 0.3) is 0 Å². The van der Waals surface area contributed by atoms with E-state index in [1.807, 2.05) is 0 Å². The smallest absolute Gasteiger partial charge is 0.339 e. The van der Waals surface area contributed by atoms with E-state index in [-0.39, 0.29) is 5.89 Å². The van der Waals surface area contributed by atoms with Gasteiger partial charge in [0.05, 0.1) is 0 Å². The molecule has 0 bridgehead atoms. The molecular weight excluding hydrogens is 235 g/mol. The first-order valence-electron chi connectivity index (χ1n) is 5.66. The van der Waals surface area contributed by atoms with E-state index in [0.717, 1.165) is 32.4 Å². The summed E-state index contributed by atoms with van der Waals surface area (Å²) in [6.07, 6.45) is -1.17. The third-order valence-electron chi connectivity index (χ3n) is 2.95. The Balaban J connectivity index is 1.84. The molecule has 96 valence electrons. The highest BCUT2D eigenvalue weighted by Gasteiger charge is 2.37. The van der Waals surface area contributed by atoms with E-state index in [2.05, 4.69) is 20.0 Å². The van der Waals surface area contributed by atoms with Crippen molar-refractivity contribution in [2.45, 2.75) is 31.9 Å². The minimum atomic E-state index is -4.52. The van der Waals surface area contributed by atoms with Crippen molar-refractivity contribution in [2.75, 3.05) is 13.1 Å². The van der Waals surface area contributed by atoms with Crippen LogP contribution >= 0.6 is 0 Å². The van der Waals surface area contributed by atoms with Gasteiger partial charge < -0.3 is 9.84 Å². The highest BCUT2D eigenvalue weighted by molar-refractivity contribution is 4.91. The molecule has 1 saturated heterocycles. The number of nitrogens with zero attached hydrogens (tertiary/aromatic N) is 2. The van der Waals surface area contributed by atoms with Gasteiger partial charge in [-0.25, -0.2) is 0 Å². The fourth-order valence-electron chi connectivity index (χ4n) is 1.97. The fourth-order valence-corrected chi connectivity index (χ4v) is 1.97. The molecule has 1 aromatic rings. The number of aryl methyl sites for hydroxylation is 1. The Morgan fingerprint density at radius 2 is 2.00 bits per heavy atom. The summed E-state index contributed by atoms with van der Waals surface area (Å²) in [4.78, 5) is 3.35. The van der Waals surface area contributed by atoms with Crippen LogP contribution < -0.4 is 5.32 Å². The standard InChI is InChI=1S/C10H14F3N3O/c11-10(12,13)9-15-8(17-16-9)2-1-7-3-5-14-6-4-7/h7,14H,1-6H2. The van der Waals surface area contributed by atoms with Crippen molar-refractivity contribution in [3.05, 3.63) is 11.7 Å². The van der Waals surface area contributed by atoms with Crippen LogP contribution in [0.5, 0.6) is 0 Å². The van der Waals surface area contributed by atoms with Gasteiger partial charge in [0.25, 0.3) is 5.82 Å². The van der Waals surface area contributed by atoms with Crippen LogP contribution in [-0.4, -0.2) is 23.2 Å². The molecule has 1 N–H and O–H groups in total. The van der Waals surface area contributed by atoms with E-state index >= 15 is 0 Å². The van der Waals surface area contributed by atoms with Gasteiger partial charge in [-0.15, -0.1) is 0 Å². The first kappa shape index (κ1) is 12.3. The zero-order valence-corrected chi connectivity index (χ0v) is 9.26. The highest BCUT2D eigenvalue weighted by atomic mass is 19.4. The second-order valence-electron chi connectivity index (χ2n) is 4.24. The monoisotopic (exact) mass is 249 g/mol. The molecule has 1 aromatic heterocycles. The van der Waals surface area contributed by atoms with Crippen molar-refractivity contribution in [3.8, 4) is 0 Å². The van der Waals surface area contributed by atoms with Crippen LogP contribution in [0.15, 0.2) is 4.52 Å². The van der Waals surface area contributed by atoms with Gasteiger partial charge in [-0.2, -0.15) is 18.2 Å². The van der Waals surface area contributed by atoms with E-state index in [1.54, 1.807) is 0 Å². The van der Waals surface area contributed by atoms with Gasteiger partial charge in [0, 0.05) is 6.42 Å². The van der Waals surface area contributed by atoms with Gasteiger partial charge in [-0.05, 0) is 38.3 Å². The van der Waals surface area contributed by atoms with Gasteiger partial charge in [0.15, 0.2) is 0 Å². The molecule has 0 spiro atoms. The Bertz CT molecular complexity index is 358. The minimum Gasteiger partial charge on any atom is -0.339 e. The van der Waals surface area contributed by atoms with E-state index in [4.69, 9.17) is 0 Å². The van der Waals surface area contributed by atoms with Crippen LogP contribution in [0.1, 0.15) is 31.0 Å². The van der Waals surface area contributed by atoms with Crippen molar-refractivity contribution in [1.82, 2.24) is 15.5 Å². The molecule has 0 amide bonds. The maximum atomic E-state index is 12.2. The highest BCUT2D eigenvalue weighted by Crippen LogP contribution is 2.27. The number of aromatic nitrogens is 2. The molecule has 0 atom stereocenters. The molecule has 2 rings (SSSR count). The van der Waals surface area contributed by atoms with Crippen LogP contribution in [0.2, 0.25) is 0 Å². The Hall–Kier alpha value is -1.11. The predicted molar refractivity (Wildman–Crippen MR) is 53.2 cm³/mol. The average Bonchev–Trinajstić information content (AvgIpc) is 2.76. The van der Waals surface area contributed by atoms with Crippen molar-refractivity contribution in [3.63, 3.8) is 0 Å². The third kappa shape index (κ3) is 3.42. The van der Waals surface area contributed by atoms with Gasteiger partial charge >= 0.3 is 6.18 Å². The summed E-state index contributed by atoms with van der Waals surface area (Å²) in [5.41, 5.74) is 0. The lowest BCUT2D eigenvalue weighted by atomic mass is 9.93. The predicted octanol–water partition coefficient (Wildman–Crippen LogP) is 2.02. The summed E-state index contributed by atoms with van der Waals surface area (Å²) >= 11 is 0. The zero-order chi connectivity index (χ0) is 12.3.